The molecule has 3 aromatic rings. The van der Waals surface area contributed by atoms with E-state index in [1.54, 1.807) is 48.8 Å². The van der Waals surface area contributed by atoms with Crippen LogP contribution in [0.2, 0.25) is 0 Å². The Hall–Kier alpha value is -2.62. The molecule has 222 valence electrons. The maximum atomic E-state index is 13.5. The first-order valence-electron chi connectivity index (χ1n) is 13.6. The van der Waals surface area contributed by atoms with E-state index in [0.29, 0.717) is 37.0 Å². The van der Waals surface area contributed by atoms with Gasteiger partial charge in [0.25, 0.3) is 5.91 Å². The number of methoxy groups -OCH3 is 1. The lowest BCUT2D eigenvalue weighted by molar-refractivity contribution is 0.0938. The Morgan fingerprint density at radius 2 is 1.90 bits per heavy atom. The summed E-state index contributed by atoms with van der Waals surface area (Å²) in [5, 5.41) is 6.25. The summed E-state index contributed by atoms with van der Waals surface area (Å²) < 4.78 is 33.7. The second-order valence-corrected chi connectivity index (χ2v) is 14.3. The lowest BCUT2D eigenvalue weighted by Crippen LogP contribution is -2.41. The van der Waals surface area contributed by atoms with Crippen LogP contribution in [0.5, 0.6) is 5.75 Å². The van der Waals surface area contributed by atoms with Crippen molar-refractivity contribution < 1.29 is 17.9 Å². The van der Waals surface area contributed by atoms with E-state index in [9.17, 15) is 13.2 Å². The molecule has 0 saturated heterocycles. The highest BCUT2D eigenvalue weighted by molar-refractivity contribution is 7.89. The van der Waals surface area contributed by atoms with Crippen LogP contribution in [-0.2, 0) is 23.1 Å². The van der Waals surface area contributed by atoms with Crippen molar-refractivity contribution in [2.45, 2.75) is 51.2 Å². The van der Waals surface area contributed by atoms with E-state index in [2.05, 4.69) is 26.9 Å². The fraction of sp³-hybridized carbons (Fsp3) is 0.433. The minimum atomic E-state index is -3.71. The quantitative estimate of drug-likeness (QED) is 0.220. The van der Waals surface area contributed by atoms with Crippen LogP contribution in [0.15, 0.2) is 58.8 Å². The Labute approximate surface area is 250 Å². The molecule has 8 nitrogen and oxygen atoms in total. The zero-order chi connectivity index (χ0) is 30.0. The molecule has 1 N–H and O–H groups in total. The second kappa shape index (κ2) is 15.6. The van der Waals surface area contributed by atoms with Crippen LogP contribution in [-0.4, -0.2) is 74.3 Å². The number of carbonyl (C=O) groups is 1. The molecular formula is C30H41N4O4PS2. The van der Waals surface area contributed by atoms with Gasteiger partial charge < -0.3 is 10.1 Å². The molecule has 0 saturated carbocycles. The molecule has 3 rings (SSSR count). The predicted molar refractivity (Wildman–Crippen MR) is 170 cm³/mol. The summed E-state index contributed by atoms with van der Waals surface area (Å²) in [6.07, 6.45) is 5.05. The normalized spacial score (nSPS) is 12.8. The number of hydrogen-bond acceptors (Lipinski definition) is 7. The number of aryl methyl sites for hydroxylation is 1. The van der Waals surface area contributed by atoms with E-state index in [0.717, 1.165) is 31.0 Å². The number of benzene rings is 2. The topological polar surface area (TPSA) is 91.8 Å². The molecule has 2 aromatic carbocycles. The molecule has 1 atom stereocenters. The summed E-state index contributed by atoms with van der Waals surface area (Å²) in [6, 6.07) is 13.8. The number of carbonyl (C=O) groups excluding carboxylic acids is 1. The summed E-state index contributed by atoms with van der Waals surface area (Å²) in [5.41, 5.74) is 2.66. The van der Waals surface area contributed by atoms with Crippen molar-refractivity contribution in [1.29, 1.82) is 0 Å². The van der Waals surface area contributed by atoms with Crippen LogP contribution in [0.3, 0.4) is 0 Å². The fourth-order valence-electron chi connectivity index (χ4n) is 4.48. The molecule has 1 unspecified atom stereocenters. The monoisotopic (exact) mass is 616 g/mol. The number of hydrogen-bond donors (Lipinski definition) is 1. The first-order valence-corrected chi connectivity index (χ1v) is 17.2. The predicted octanol–water partition coefficient (Wildman–Crippen LogP) is 5.31. The van der Waals surface area contributed by atoms with E-state index in [4.69, 9.17) is 4.74 Å². The van der Waals surface area contributed by atoms with Crippen molar-refractivity contribution >= 4 is 41.8 Å². The minimum absolute atomic E-state index is 0.141. The zero-order valence-corrected chi connectivity index (χ0v) is 27.1. The Kier molecular flexibility index (Phi) is 12.5. The van der Waals surface area contributed by atoms with Gasteiger partial charge in [-0.05, 0) is 68.3 Å². The van der Waals surface area contributed by atoms with Gasteiger partial charge in [-0.2, -0.15) is 4.31 Å². The molecule has 11 heteroatoms. The molecule has 0 radical (unpaired) electrons. The summed E-state index contributed by atoms with van der Waals surface area (Å²) in [4.78, 5) is 20.2. The van der Waals surface area contributed by atoms with Crippen molar-refractivity contribution in [2.24, 2.45) is 5.92 Å². The van der Waals surface area contributed by atoms with E-state index in [1.807, 2.05) is 46.0 Å². The lowest BCUT2D eigenvalue weighted by atomic mass is 10.1. The van der Waals surface area contributed by atoms with Crippen LogP contribution in [0, 0.1) is 12.8 Å². The number of amides is 1. The molecule has 0 aliphatic heterocycles. The van der Waals surface area contributed by atoms with Gasteiger partial charge in [-0.3, -0.25) is 9.69 Å². The lowest BCUT2D eigenvalue weighted by Gasteiger charge is -2.26. The summed E-state index contributed by atoms with van der Waals surface area (Å²) in [7, 11) is 0.746. The third kappa shape index (κ3) is 10.0. The van der Waals surface area contributed by atoms with Gasteiger partial charge in [0.15, 0.2) is 0 Å². The Morgan fingerprint density at radius 3 is 2.51 bits per heavy atom. The zero-order valence-electron chi connectivity index (χ0n) is 24.5. The maximum absolute atomic E-state index is 13.5. The van der Waals surface area contributed by atoms with Gasteiger partial charge in [0.2, 0.25) is 10.0 Å². The van der Waals surface area contributed by atoms with Crippen molar-refractivity contribution in [3.05, 3.63) is 75.7 Å². The minimum Gasteiger partial charge on any atom is -0.497 e. The summed E-state index contributed by atoms with van der Waals surface area (Å²) >= 11 is 1.64. The van der Waals surface area contributed by atoms with E-state index >= 15 is 0 Å². The SMILES string of the molecule is C=PCC(CCN(CC(C)C)S(=O)(=O)c1ccc(OC)cc1)NC(=O)c1cccc(CN(C)Cc2csc(C)n2)c1. The number of rotatable bonds is 16. The first kappa shape index (κ1) is 32.9. The number of nitrogens with zero attached hydrogens (tertiary/aromatic N) is 3. The molecular weight excluding hydrogens is 575 g/mol. The fourth-order valence-corrected chi connectivity index (χ4v) is 7.29. The summed E-state index contributed by atoms with van der Waals surface area (Å²) in [6.45, 7) is 8.07. The van der Waals surface area contributed by atoms with Gasteiger partial charge in [-0.25, -0.2) is 13.4 Å². The van der Waals surface area contributed by atoms with E-state index < -0.39 is 10.0 Å². The highest BCUT2D eigenvalue weighted by atomic mass is 32.2. The largest absolute Gasteiger partial charge is 0.497 e. The first-order chi connectivity index (χ1) is 19.5. The molecule has 1 amide bonds. The summed E-state index contributed by atoms with van der Waals surface area (Å²) in [5.74, 6) is 0.566. The maximum Gasteiger partial charge on any atom is 0.251 e. The van der Waals surface area contributed by atoms with Gasteiger partial charge >= 0.3 is 0 Å². The van der Waals surface area contributed by atoms with Crippen molar-refractivity contribution in [1.82, 2.24) is 19.5 Å². The number of sulfonamides is 1. The van der Waals surface area contributed by atoms with E-state index in [1.165, 1.54) is 4.31 Å². The van der Waals surface area contributed by atoms with Gasteiger partial charge in [-0.1, -0.05) is 32.3 Å². The highest BCUT2D eigenvalue weighted by Gasteiger charge is 2.26. The van der Waals surface area contributed by atoms with E-state index in [-0.39, 0.29) is 29.3 Å². The van der Waals surface area contributed by atoms with Crippen molar-refractivity contribution in [2.75, 3.05) is 33.4 Å². The molecule has 1 heterocycles. The molecule has 0 aliphatic rings. The van der Waals surface area contributed by atoms with Gasteiger partial charge in [0.1, 0.15) is 5.75 Å². The van der Waals surface area contributed by atoms with Gasteiger partial charge in [0, 0.05) is 49.3 Å². The molecule has 0 spiro atoms. The number of aromatic nitrogens is 1. The molecule has 0 fully saturated rings. The number of thiazole rings is 1. The second-order valence-electron chi connectivity index (χ2n) is 10.5. The molecule has 1 aromatic heterocycles. The van der Waals surface area contributed by atoms with Crippen LogP contribution in [0.4, 0.5) is 0 Å². The van der Waals surface area contributed by atoms with Crippen molar-refractivity contribution in [3.8, 4) is 5.75 Å². The third-order valence-electron chi connectivity index (χ3n) is 6.42. The number of nitrogens with one attached hydrogen (secondary N) is 1. The van der Waals surface area contributed by atoms with Crippen LogP contribution >= 0.6 is 19.5 Å². The Balaban J connectivity index is 1.66. The van der Waals surface area contributed by atoms with Crippen LogP contribution < -0.4 is 10.1 Å². The van der Waals surface area contributed by atoms with Gasteiger partial charge in [-0.15, -0.1) is 19.5 Å². The standard InChI is InChI=1S/C30H41N4O4PS2/c1-22(2)17-34(41(36,37)29-12-10-28(38-5)11-13-29)15-14-26(20-39-6)32-30(35)25-9-7-8-24(16-25)18-33(4)19-27-21-40-23(3)31-27/h7-13,16,21-22,26H,6,14-15,17-20H2,1-5H3,(H,32,35). The van der Waals surface area contributed by atoms with Crippen molar-refractivity contribution in [3.63, 3.8) is 0 Å². The average molecular weight is 617 g/mol. The smallest absolute Gasteiger partial charge is 0.251 e. The molecule has 0 aliphatic carbocycles. The Bertz CT molecular complexity index is 1390. The van der Waals surface area contributed by atoms with Crippen LogP contribution in [0.1, 0.15) is 46.9 Å². The molecule has 41 heavy (non-hydrogen) atoms. The number of ether oxygens (including phenoxy) is 1. The third-order valence-corrected chi connectivity index (χ3v) is 9.82. The average Bonchev–Trinajstić information content (AvgIpc) is 3.34. The Morgan fingerprint density at radius 1 is 1.17 bits per heavy atom. The highest BCUT2D eigenvalue weighted by Crippen LogP contribution is 2.21. The van der Waals surface area contributed by atoms with Crippen LogP contribution in [0.25, 0.3) is 0 Å². The van der Waals surface area contributed by atoms with Gasteiger partial charge in [0.05, 0.1) is 22.7 Å². The molecule has 0 bridgehead atoms.